The van der Waals surface area contributed by atoms with E-state index in [1.54, 1.807) is 30.3 Å². The molecule has 1 amide bonds. The van der Waals surface area contributed by atoms with Gasteiger partial charge in [0.05, 0.1) is 21.3 Å². The number of rotatable bonds is 9. The second kappa shape index (κ2) is 12.0. The van der Waals surface area contributed by atoms with Gasteiger partial charge in [0.25, 0.3) is 10.0 Å². The van der Waals surface area contributed by atoms with Crippen LogP contribution in [0.4, 0.5) is 15.8 Å². The van der Waals surface area contributed by atoms with Gasteiger partial charge in [0, 0.05) is 15.7 Å². The number of thioether (sulfide) groups is 1. The Morgan fingerprint density at radius 3 is 2.27 bits per heavy atom. The Kier molecular flexibility index (Phi) is 8.76. The molecule has 0 saturated heterocycles. The van der Waals surface area contributed by atoms with Gasteiger partial charge in [-0.3, -0.25) is 9.10 Å². The van der Waals surface area contributed by atoms with Crippen LogP contribution < -0.4 is 9.62 Å². The molecule has 190 valence electrons. The normalized spacial score (nSPS) is 11.2. The molecular weight excluding hydrogens is 554 g/mol. The molecule has 10 heteroatoms. The molecule has 0 spiro atoms. The number of nitrogens with zero attached hydrogens (tertiary/aromatic N) is 1. The minimum Gasteiger partial charge on any atom is -0.323 e. The highest BCUT2D eigenvalue weighted by Crippen LogP contribution is 2.31. The van der Waals surface area contributed by atoms with Gasteiger partial charge in [-0.25, -0.2) is 12.8 Å². The van der Waals surface area contributed by atoms with Crippen LogP contribution in [0.5, 0.6) is 0 Å². The molecule has 0 aliphatic carbocycles. The molecule has 0 aromatic heterocycles. The Morgan fingerprint density at radius 1 is 0.892 bits per heavy atom. The number of carbonyl (C=O) groups excluding carboxylic acids is 1. The number of carbonyl (C=O) groups is 1. The van der Waals surface area contributed by atoms with Crippen molar-refractivity contribution in [2.24, 2.45) is 0 Å². The number of sulfonamides is 1. The fourth-order valence-electron chi connectivity index (χ4n) is 3.43. The van der Waals surface area contributed by atoms with E-state index >= 15 is 0 Å². The van der Waals surface area contributed by atoms with Crippen LogP contribution in [0.25, 0.3) is 0 Å². The number of benzene rings is 4. The van der Waals surface area contributed by atoms with Crippen molar-refractivity contribution in [1.29, 1.82) is 0 Å². The number of hydrogen-bond acceptors (Lipinski definition) is 4. The second-order valence-electron chi connectivity index (χ2n) is 7.88. The number of hydrogen-bond donors (Lipinski definition) is 1. The minimum atomic E-state index is -4.16. The Hall–Kier alpha value is -3.04. The highest BCUT2D eigenvalue weighted by Gasteiger charge is 2.28. The number of para-hydroxylation sites is 1. The predicted octanol–water partition coefficient (Wildman–Crippen LogP) is 7.26. The van der Waals surface area contributed by atoms with E-state index in [1.807, 2.05) is 36.4 Å². The van der Waals surface area contributed by atoms with Crippen LogP contribution in [0.2, 0.25) is 10.0 Å². The molecule has 0 heterocycles. The van der Waals surface area contributed by atoms with Gasteiger partial charge in [-0.1, -0.05) is 65.7 Å². The van der Waals surface area contributed by atoms with E-state index in [0.29, 0.717) is 16.5 Å². The fourth-order valence-corrected chi connectivity index (χ4v) is 6.13. The van der Waals surface area contributed by atoms with Crippen LogP contribution in [0.15, 0.2) is 107 Å². The van der Waals surface area contributed by atoms with E-state index in [2.05, 4.69) is 5.32 Å². The Bertz CT molecular complexity index is 1500. The lowest BCUT2D eigenvalue weighted by Crippen LogP contribution is -2.38. The summed E-state index contributed by atoms with van der Waals surface area (Å²) in [5.74, 6) is -0.620. The largest absolute Gasteiger partial charge is 0.323 e. The lowest BCUT2D eigenvalue weighted by Gasteiger charge is -2.24. The zero-order chi connectivity index (χ0) is 26.4. The summed E-state index contributed by atoms with van der Waals surface area (Å²) >= 11 is 13.4. The summed E-state index contributed by atoms with van der Waals surface area (Å²) in [6.07, 6.45) is 0. The maximum absolute atomic E-state index is 13.8. The van der Waals surface area contributed by atoms with E-state index in [9.17, 15) is 17.6 Å². The van der Waals surface area contributed by atoms with Gasteiger partial charge in [0.2, 0.25) is 5.91 Å². The van der Waals surface area contributed by atoms with Crippen molar-refractivity contribution in [1.82, 2.24) is 0 Å². The van der Waals surface area contributed by atoms with E-state index in [1.165, 1.54) is 36.0 Å². The van der Waals surface area contributed by atoms with Gasteiger partial charge in [-0.2, -0.15) is 0 Å². The van der Waals surface area contributed by atoms with Crippen molar-refractivity contribution in [2.45, 2.75) is 15.5 Å². The van der Waals surface area contributed by atoms with Gasteiger partial charge in [0.1, 0.15) is 12.4 Å². The molecule has 0 atom stereocenters. The van der Waals surface area contributed by atoms with Gasteiger partial charge < -0.3 is 5.32 Å². The van der Waals surface area contributed by atoms with E-state index in [-0.39, 0.29) is 15.6 Å². The summed E-state index contributed by atoms with van der Waals surface area (Å²) < 4.78 is 41.6. The minimum absolute atomic E-state index is 0.0119. The molecule has 0 radical (unpaired) electrons. The molecule has 4 aromatic carbocycles. The molecule has 0 fully saturated rings. The molecular formula is C27H21Cl2FN2O3S2. The van der Waals surface area contributed by atoms with Crippen molar-refractivity contribution in [2.75, 3.05) is 16.2 Å². The monoisotopic (exact) mass is 574 g/mol. The van der Waals surface area contributed by atoms with Crippen molar-refractivity contribution < 1.29 is 17.6 Å². The smallest absolute Gasteiger partial charge is 0.264 e. The maximum Gasteiger partial charge on any atom is 0.264 e. The number of nitrogens with one attached hydrogen (secondary N) is 1. The first-order valence-corrected chi connectivity index (χ1v) is 14.2. The molecule has 0 unspecified atom stereocenters. The van der Waals surface area contributed by atoms with Gasteiger partial charge in [-0.05, 0) is 60.2 Å². The summed E-state index contributed by atoms with van der Waals surface area (Å²) in [6, 6.07) is 25.9. The summed E-state index contributed by atoms with van der Waals surface area (Å²) in [5, 5.41) is 3.21. The van der Waals surface area contributed by atoms with E-state index in [0.717, 1.165) is 20.8 Å². The summed E-state index contributed by atoms with van der Waals surface area (Å²) in [7, 11) is -4.16. The Labute approximate surface area is 229 Å². The van der Waals surface area contributed by atoms with Crippen LogP contribution in [-0.4, -0.2) is 20.9 Å². The van der Waals surface area contributed by atoms with Crippen molar-refractivity contribution in [3.05, 3.63) is 118 Å². The third kappa shape index (κ3) is 6.84. The number of amides is 1. The van der Waals surface area contributed by atoms with E-state index < -0.39 is 28.3 Å². The maximum atomic E-state index is 13.8. The molecule has 1 N–H and O–H groups in total. The topological polar surface area (TPSA) is 66.5 Å². The molecule has 0 aliphatic heterocycles. The molecule has 37 heavy (non-hydrogen) atoms. The lowest BCUT2D eigenvalue weighted by molar-refractivity contribution is -0.114. The van der Waals surface area contributed by atoms with Crippen LogP contribution in [-0.2, 0) is 20.6 Å². The lowest BCUT2D eigenvalue weighted by atomic mass is 10.2. The molecule has 0 aliphatic rings. The van der Waals surface area contributed by atoms with Crippen molar-refractivity contribution >= 4 is 62.3 Å². The van der Waals surface area contributed by atoms with Crippen LogP contribution in [0.1, 0.15) is 5.56 Å². The highest BCUT2D eigenvalue weighted by molar-refractivity contribution is 7.98. The standard InChI is InChI=1S/C27H21Cl2FN2O3S2/c28-20-12-10-19(11-13-20)18-36-26-9-5-4-8-25(26)31-27(33)17-32(21-14-15-24(30)23(29)16-21)37(34,35)22-6-2-1-3-7-22/h1-16H,17-18H2,(H,31,33). The third-order valence-electron chi connectivity index (χ3n) is 5.28. The quantitative estimate of drug-likeness (QED) is 0.214. The predicted molar refractivity (Wildman–Crippen MR) is 148 cm³/mol. The highest BCUT2D eigenvalue weighted by atomic mass is 35.5. The first-order chi connectivity index (χ1) is 17.7. The van der Waals surface area contributed by atoms with Crippen LogP contribution in [0.3, 0.4) is 0 Å². The van der Waals surface area contributed by atoms with Crippen LogP contribution >= 0.6 is 35.0 Å². The summed E-state index contributed by atoms with van der Waals surface area (Å²) in [5.41, 5.74) is 1.67. The zero-order valence-electron chi connectivity index (χ0n) is 19.3. The average Bonchev–Trinajstić information content (AvgIpc) is 2.90. The van der Waals surface area contributed by atoms with Gasteiger partial charge in [-0.15, -0.1) is 11.8 Å². The fraction of sp³-hybridized carbons (Fsp3) is 0.0741. The van der Waals surface area contributed by atoms with Crippen LogP contribution in [0, 0.1) is 5.82 Å². The second-order valence-corrected chi connectivity index (χ2v) is 11.6. The first-order valence-electron chi connectivity index (χ1n) is 11.0. The number of anilines is 2. The first kappa shape index (κ1) is 27.0. The van der Waals surface area contributed by atoms with E-state index in [4.69, 9.17) is 23.2 Å². The van der Waals surface area contributed by atoms with Gasteiger partial charge in [0.15, 0.2) is 0 Å². The molecule has 0 bridgehead atoms. The summed E-state index contributed by atoms with van der Waals surface area (Å²) in [6.45, 7) is -0.546. The zero-order valence-corrected chi connectivity index (χ0v) is 22.4. The Morgan fingerprint density at radius 2 is 1.57 bits per heavy atom. The van der Waals surface area contributed by atoms with Gasteiger partial charge >= 0.3 is 0 Å². The summed E-state index contributed by atoms with van der Waals surface area (Å²) in [4.78, 5) is 13.9. The number of halogens is 3. The third-order valence-corrected chi connectivity index (χ3v) is 8.75. The molecule has 4 rings (SSSR count). The Balaban J connectivity index is 1.57. The molecule has 5 nitrogen and oxygen atoms in total. The SMILES string of the molecule is O=C(CN(c1ccc(F)c(Cl)c1)S(=O)(=O)c1ccccc1)Nc1ccccc1SCc1ccc(Cl)cc1. The molecule has 4 aromatic rings. The van der Waals surface area contributed by atoms with Crippen molar-refractivity contribution in [3.63, 3.8) is 0 Å². The molecule has 0 saturated carbocycles. The average molecular weight is 576 g/mol. The van der Waals surface area contributed by atoms with Crippen molar-refractivity contribution in [3.8, 4) is 0 Å².